The first-order valence-electron chi connectivity index (χ1n) is 11.3. The second kappa shape index (κ2) is 8.89. The van der Waals surface area contributed by atoms with Gasteiger partial charge in [-0.25, -0.2) is 15.0 Å². The molecule has 1 aliphatic rings. The van der Waals surface area contributed by atoms with Crippen LogP contribution in [0.3, 0.4) is 0 Å². The van der Waals surface area contributed by atoms with Crippen LogP contribution in [0.4, 0.5) is 5.95 Å². The molecule has 0 spiro atoms. The molecule has 0 amide bonds. The topological polar surface area (TPSA) is 63.8 Å². The maximum Gasteiger partial charge on any atom is 0.248 e. The highest BCUT2D eigenvalue weighted by Crippen LogP contribution is 2.38. The molecule has 0 fully saturated rings. The Bertz CT molecular complexity index is 1530. The van der Waals surface area contributed by atoms with Crippen LogP contribution in [-0.4, -0.2) is 22.8 Å². The van der Waals surface area contributed by atoms with Crippen molar-refractivity contribution in [2.75, 3.05) is 12.1 Å². The SMILES string of the molecule is COc1cccc(C2=NN(c3nc(-c4ccc(Cl)cc4)c4ccccc4n3)[C@H](c3ccco3)C2)c1. The van der Waals surface area contributed by atoms with Crippen LogP contribution in [0.5, 0.6) is 5.75 Å². The van der Waals surface area contributed by atoms with E-state index in [1.165, 1.54) is 0 Å². The Morgan fingerprint density at radius 3 is 2.57 bits per heavy atom. The average Bonchev–Trinajstić information content (AvgIpc) is 3.59. The van der Waals surface area contributed by atoms with Crippen molar-refractivity contribution in [1.82, 2.24) is 9.97 Å². The second-order valence-electron chi connectivity index (χ2n) is 8.25. The van der Waals surface area contributed by atoms with E-state index >= 15 is 0 Å². The predicted molar refractivity (Wildman–Crippen MR) is 138 cm³/mol. The maximum atomic E-state index is 6.15. The van der Waals surface area contributed by atoms with Gasteiger partial charge in [-0.1, -0.05) is 54.1 Å². The number of benzene rings is 3. The van der Waals surface area contributed by atoms with Gasteiger partial charge < -0.3 is 9.15 Å². The fraction of sp³-hybridized carbons (Fsp3) is 0.107. The Morgan fingerprint density at radius 1 is 0.914 bits per heavy atom. The summed E-state index contributed by atoms with van der Waals surface area (Å²) in [5.74, 6) is 2.09. The zero-order valence-electron chi connectivity index (χ0n) is 18.9. The van der Waals surface area contributed by atoms with Crippen LogP contribution in [0, 0.1) is 0 Å². The number of methoxy groups -OCH3 is 1. The number of anilines is 1. The molecule has 7 heteroatoms. The molecule has 35 heavy (non-hydrogen) atoms. The fourth-order valence-electron chi connectivity index (χ4n) is 4.37. The number of hydrazone groups is 1. The number of ether oxygens (including phenoxy) is 1. The Balaban J connectivity index is 1.51. The fourth-order valence-corrected chi connectivity index (χ4v) is 4.50. The molecule has 3 aromatic carbocycles. The van der Waals surface area contributed by atoms with Crippen molar-refractivity contribution in [3.63, 3.8) is 0 Å². The molecule has 5 aromatic rings. The molecule has 0 saturated carbocycles. The summed E-state index contributed by atoms with van der Waals surface area (Å²) in [5.41, 5.74) is 4.52. The van der Waals surface area contributed by atoms with Crippen molar-refractivity contribution in [3.05, 3.63) is 108 Å². The van der Waals surface area contributed by atoms with E-state index in [4.69, 9.17) is 35.8 Å². The van der Waals surface area contributed by atoms with Crippen LogP contribution in [0.1, 0.15) is 23.8 Å². The first-order chi connectivity index (χ1) is 17.2. The summed E-state index contributed by atoms with van der Waals surface area (Å²) in [4.78, 5) is 9.90. The summed E-state index contributed by atoms with van der Waals surface area (Å²) >= 11 is 6.15. The molecule has 0 N–H and O–H groups in total. The van der Waals surface area contributed by atoms with Gasteiger partial charge in [-0.15, -0.1) is 0 Å². The number of furan rings is 1. The normalized spacial score (nSPS) is 15.4. The van der Waals surface area contributed by atoms with E-state index in [1.807, 2.05) is 89.9 Å². The van der Waals surface area contributed by atoms with Gasteiger partial charge >= 0.3 is 0 Å². The summed E-state index contributed by atoms with van der Waals surface area (Å²) in [6, 6.07) is 27.2. The molecular formula is C28H21ClN4O2. The van der Waals surface area contributed by atoms with Crippen molar-refractivity contribution in [3.8, 4) is 17.0 Å². The predicted octanol–water partition coefficient (Wildman–Crippen LogP) is 6.91. The van der Waals surface area contributed by atoms with E-state index in [-0.39, 0.29) is 6.04 Å². The molecule has 0 bridgehead atoms. The van der Waals surface area contributed by atoms with Gasteiger partial charge in [-0.2, -0.15) is 5.10 Å². The first-order valence-corrected chi connectivity index (χ1v) is 11.6. The van der Waals surface area contributed by atoms with Crippen LogP contribution >= 0.6 is 11.6 Å². The summed E-state index contributed by atoms with van der Waals surface area (Å²) in [7, 11) is 1.66. The first kappa shape index (κ1) is 21.4. The molecule has 2 aromatic heterocycles. The summed E-state index contributed by atoms with van der Waals surface area (Å²) in [6.07, 6.45) is 2.32. The zero-order valence-corrected chi connectivity index (χ0v) is 19.7. The van der Waals surface area contributed by atoms with E-state index in [1.54, 1.807) is 13.4 Å². The number of rotatable bonds is 5. The van der Waals surface area contributed by atoms with Crippen molar-refractivity contribution in [2.24, 2.45) is 5.10 Å². The molecule has 0 unspecified atom stereocenters. The molecule has 6 rings (SSSR count). The van der Waals surface area contributed by atoms with Crippen LogP contribution in [0.15, 0.2) is 101 Å². The van der Waals surface area contributed by atoms with E-state index in [2.05, 4.69) is 0 Å². The van der Waals surface area contributed by atoms with Gasteiger partial charge in [-0.3, -0.25) is 0 Å². The highest BCUT2D eigenvalue weighted by atomic mass is 35.5. The van der Waals surface area contributed by atoms with Crippen molar-refractivity contribution < 1.29 is 9.15 Å². The molecule has 0 radical (unpaired) electrons. The smallest absolute Gasteiger partial charge is 0.248 e. The van der Waals surface area contributed by atoms with Gasteiger partial charge in [0, 0.05) is 28.0 Å². The molecule has 0 aliphatic carbocycles. The largest absolute Gasteiger partial charge is 0.497 e. The lowest BCUT2D eigenvalue weighted by atomic mass is 10.0. The number of halogens is 1. The van der Waals surface area contributed by atoms with Gasteiger partial charge in [0.1, 0.15) is 17.6 Å². The van der Waals surface area contributed by atoms with E-state index in [9.17, 15) is 0 Å². The van der Waals surface area contributed by atoms with Crippen LogP contribution in [0.2, 0.25) is 5.02 Å². The highest BCUT2D eigenvalue weighted by Gasteiger charge is 2.34. The highest BCUT2D eigenvalue weighted by molar-refractivity contribution is 6.30. The van der Waals surface area contributed by atoms with Gasteiger partial charge in [0.25, 0.3) is 0 Å². The van der Waals surface area contributed by atoms with Gasteiger partial charge in [0.15, 0.2) is 0 Å². The Labute approximate surface area is 207 Å². The summed E-state index contributed by atoms with van der Waals surface area (Å²) < 4.78 is 11.2. The van der Waals surface area contributed by atoms with E-state index in [0.29, 0.717) is 17.4 Å². The average molecular weight is 481 g/mol. The van der Waals surface area contributed by atoms with Crippen LogP contribution < -0.4 is 9.75 Å². The van der Waals surface area contributed by atoms with Crippen molar-refractivity contribution in [2.45, 2.75) is 12.5 Å². The van der Waals surface area contributed by atoms with Crippen molar-refractivity contribution >= 4 is 34.2 Å². The summed E-state index contributed by atoms with van der Waals surface area (Å²) in [5, 5.41) is 8.49. The van der Waals surface area contributed by atoms with E-state index < -0.39 is 0 Å². The minimum Gasteiger partial charge on any atom is -0.497 e. The molecule has 6 nitrogen and oxygen atoms in total. The molecular weight excluding hydrogens is 460 g/mol. The lowest BCUT2D eigenvalue weighted by Gasteiger charge is -2.21. The minimum atomic E-state index is -0.176. The van der Waals surface area contributed by atoms with Crippen LogP contribution in [-0.2, 0) is 0 Å². The standard InChI is InChI=1S/C28H21ClN4O2/c1-34-21-7-4-6-19(16-21)24-17-25(26-10-5-15-35-26)33(32-24)28-30-23-9-3-2-8-22(23)27(31-28)18-11-13-20(29)14-12-18/h2-16,25H,17H2,1H3/t25-/m0/s1. The third-order valence-corrected chi connectivity index (χ3v) is 6.35. The zero-order chi connectivity index (χ0) is 23.8. The third-order valence-electron chi connectivity index (χ3n) is 6.10. The third kappa shape index (κ3) is 4.02. The Hall–Kier alpha value is -4.16. The van der Waals surface area contributed by atoms with Crippen LogP contribution in [0.25, 0.3) is 22.2 Å². The quantitative estimate of drug-likeness (QED) is 0.273. The molecule has 0 saturated heterocycles. The Kier molecular flexibility index (Phi) is 5.43. The monoisotopic (exact) mass is 480 g/mol. The number of para-hydroxylation sites is 1. The number of hydrogen-bond acceptors (Lipinski definition) is 6. The number of nitrogens with zero attached hydrogens (tertiary/aromatic N) is 4. The molecule has 3 heterocycles. The lowest BCUT2D eigenvalue weighted by molar-refractivity contribution is 0.414. The molecule has 1 atom stereocenters. The van der Waals surface area contributed by atoms with Gasteiger partial charge in [-0.05, 0) is 42.5 Å². The molecule has 172 valence electrons. The molecule has 1 aliphatic heterocycles. The maximum absolute atomic E-state index is 6.15. The van der Waals surface area contributed by atoms with E-state index in [0.717, 1.165) is 44.9 Å². The van der Waals surface area contributed by atoms with Crippen molar-refractivity contribution in [1.29, 1.82) is 0 Å². The second-order valence-corrected chi connectivity index (χ2v) is 8.69. The van der Waals surface area contributed by atoms with Gasteiger partial charge in [0.2, 0.25) is 5.95 Å². The number of hydrogen-bond donors (Lipinski definition) is 0. The number of fused-ring (bicyclic) bond motifs is 1. The number of aromatic nitrogens is 2. The Morgan fingerprint density at radius 2 is 1.77 bits per heavy atom. The summed E-state index contributed by atoms with van der Waals surface area (Å²) in [6.45, 7) is 0. The minimum absolute atomic E-state index is 0.176. The lowest BCUT2D eigenvalue weighted by Crippen LogP contribution is -2.20. The van der Waals surface area contributed by atoms with Gasteiger partial charge in [0.05, 0.1) is 30.3 Å².